The molecule has 1 saturated heterocycles. The Morgan fingerprint density at radius 1 is 1.08 bits per heavy atom. The topological polar surface area (TPSA) is 32.3 Å². The number of likely N-dealkylation sites (tertiary alicyclic amines) is 1. The van der Waals surface area contributed by atoms with E-state index in [2.05, 4.69) is 29.1 Å². The van der Waals surface area contributed by atoms with Gasteiger partial charge >= 0.3 is 0 Å². The normalized spacial score (nSPS) is 16.4. The zero-order chi connectivity index (χ0) is 18.2. The van der Waals surface area contributed by atoms with Crippen molar-refractivity contribution in [3.8, 4) is 11.8 Å². The summed E-state index contributed by atoms with van der Waals surface area (Å²) >= 11 is 0. The first-order chi connectivity index (χ1) is 12.8. The molecule has 2 aromatic rings. The molecule has 1 aliphatic rings. The van der Waals surface area contributed by atoms with Gasteiger partial charge in [0.25, 0.3) is 0 Å². The molecule has 1 heterocycles. The lowest BCUT2D eigenvalue weighted by molar-refractivity contribution is 0.297. The van der Waals surface area contributed by atoms with E-state index >= 15 is 0 Å². The van der Waals surface area contributed by atoms with E-state index in [1.54, 1.807) is 0 Å². The third-order valence-electron chi connectivity index (χ3n) is 4.85. The summed E-state index contributed by atoms with van der Waals surface area (Å²) < 4.78 is 0. The van der Waals surface area contributed by atoms with Gasteiger partial charge in [-0.15, -0.1) is 0 Å². The van der Waals surface area contributed by atoms with E-state index in [0.717, 1.165) is 29.7 Å². The fraction of sp³-hybridized carbons (Fsp3) is 0.304. The van der Waals surface area contributed by atoms with Gasteiger partial charge in [-0.05, 0) is 57.1 Å². The van der Waals surface area contributed by atoms with Crippen LogP contribution in [0.2, 0.25) is 0 Å². The van der Waals surface area contributed by atoms with Crippen LogP contribution in [-0.2, 0) is 4.79 Å². The summed E-state index contributed by atoms with van der Waals surface area (Å²) in [4.78, 5) is 13.7. The SMILES string of the molecule is CN1CCCC1CCNC(=C=O)c1ccc(C#Cc2ccccc2)cc1. The Morgan fingerprint density at radius 3 is 2.38 bits per heavy atom. The van der Waals surface area contributed by atoms with Crippen molar-refractivity contribution in [2.45, 2.75) is 25.3 Å². The fourth-order valence-corrected chi connectivity index (χ4v) is 3.29. The van der Waals surface area contributed by atoms with Crippen LogP contribution in [0.25, 0.3) is 5.70 Å². The lowest BCUT2D eigenvalue weighted by atomic mass is 10.1. The lowest BCUT2D eigenvalue weighted by Gasteiger charge is -2.19. The highest BCUT2D eigenvalue weighted by Crippen LogP contribution is 2.17. The van der Waals surface area contributed by atoms with Crippen molar-refractivity contribution >= 4 is 11.6 Å². The molecule has 1 atom stereocenters. The summed E-state index contributed by atoms with van der Waals surface area (Å²) in [5.41, 5.74) is 3.29. The van der Waals surface area contributed by atoms with Crippen LogP contribution in [0.4, 0.5) is 0 Å². The highest BCUT2D eigenvalue weighted by atomic mass is 16.1. The molecule has 0 aliphatic carbocycles. The van der Waals surface area contributed by atoms with Gasteiger partial charge in [-0.2, -0.15) is 0 Å². The first-order valence-corrected chi connectivity index (χ1v) is 9.13. The average molecular weight is 344 g/mol. The molecule has 3 nitrogen and oxygen atoms in total. The molecule has 2 aromatic carbocycles. The number of hydrogen-bond acceptors (Lipinski definition) is 3. The first-order valence-electron chi connectivity index (χ1n) is 9.13. The van der Waals surface area contributed by atoms with Gasteiger partial charge in [0.2, 0.25) is 0 Å². The van der Waals surface area contributed by atoms with Crippen molar-refractivity contribution in [1.29, 1.82) is 0 Å². The predicted octanol–water partition coefficient (Wildman–Crippen LogP) is 3.33. The highest BCUT2D eigenvalue weighted by molar-refractivity contribution is 5.86. The van der Waals surface area contributed by atoms with Crippen molar-refractivity contribution in [2.75, 3.05) is 20.1 Å². The van der Waals surface area contributed by atoms with E-state index < -0.39 is 0 Å². The summed E-state index contributed by atoms with van der Waals surface area (Å²) in [5.74, 6) is 8.32. The molecular weight excluding hydrogens is 320 g/mol. The Kier molecular flexibility index (Phi) is 6.28. The van der Waals surface area contributed by atoms with Gasteiger partial charge in [0.05, 0.1) is 0 Å². The van der Waals surface area contributed by atoms with E-state index in [0.29, 0.717) is 11.7 Å². The summed E-state index contributed by atoms with van der Waals surface area (Å²) in [5, 5.41) is 3.24. The molecule has 26 heavy (non-hydrogen) atoms. The van der Waals surface area contributed by atoms with Crippen LogP contribution in [0.1, 0.15) is 36.0 Å². The highest BCUT2D eigenvalue weighted by Gasteiger charge is 2.20. The Bertz CT molecular complexity index is 824. The van der Waals surface area contributed by atoms with Crippen LogP contribution in [0.3, 0.4) is 0 Å². The second-order valence-corrected chi connectivity index (χ2v) is 6.66. The summed E-state index contributed by atoms with van der Waals surface area (Å²) in [6, 6.07) is 18.2. The maximum absolute atomic E-state index is 11.3. The number of nitrogens with zero attached hydrogens (tertiary/aromatic N) is 1. The molecule has 1 fully saturated rings. The Morgan fingerprint density at radius 2 is 1.77 bits per heavy atom. The average Bonchev–Trinajstić information content (AvgIpc) is 3.10. The van der Waals surface area contributed by atoms with Gasteiger partial charge in [0.1, 0.15) is 5.70 Å². The lowest BCUT2D eigenvalue weighted by Crippen LogP contribution is -2.28. The number of benzene rings is 2. The van der Waals surface area contributed by atoms with Crippen LogP contribution < -0.4 is 5.32 Å². The molecule has 1 unspecified atom stereocenters. The molecule has 0 saturated carbocycles. The van der Waals surface area contributed by atoms with Gasteiger partial charge in [0.15, 0.2) is 5.94 Å². The predicted molar refractivity (Wildman–Crippen MR) is 106 cm³/mol. The fourth-order valence-electron chi connectivity index (χ4n) is 3.29. The minimum atomic E-state index is 0.521. The van der Waals surface area contributed by atoms with Crippen molar-refractivity contribution < 1.29 is 4.79 Å². The Balaban J connectivity index is 1.58. The van der Waals surface area contributed by atoms with Crippen LogP contribution in [0, 0.1) is 11.8 Å². The van der Waals surface area contributed by atoms with Crippen LogP contribution in [0.5, 0.6) is 0 Å². The molecule has 1 N–H and O–H groups in total. The third-order valence-corrected chi connectivity index (χ3v) is 4.85. The van der Waals surface area contributed by atoms with Crippen molar-refractivity contribution in [1.82, 2.24) is 10.2 Å². The van der Waals surface area contributed by atoms with E-state index in [1.165, 1.54) is 19.4 Å². The molecule has 1 aliphatic heterocycles. The molecule has 0 amide bonds. The molecular formula is C23H24N2O. The minimum absolute atomic E-state index is 0.521. The second kappa shape index (κ2) is 9.06. The van der Waals surface area contributed by atoms with Crippen LogP contribution >= 0.6 is 0 Å². The minimum Gasteiger partial charge on any atom is -0.376 e. The zero-order valence-corrected chi connectivity index (χ0v) is 15.2. The van der Waals surface area contributed by atoms with Gasteiger partial charge in [0, 0.05) is 29.3 Å². The van der Waals surface area contributed by atoms with Gasteiger partial charge in [-0.25, -0.2) is 4.79 Å². The first kappa shape index (κ1) is 18.0. The summed E-state index contributed by atoms with van der Waals surface area (Å²) in [7, 11) is 2.17. The number of hydrogen-bond donors (Lipinski definition) is 1. The zero-order valence-electron chi connectivity index (χ0n) is 15.2. The molecule has 0 radical (unpaired) electrons. The Hall–Kier alpha value is -2.79. The largest absolute Gasteiger partial charge is 0.376 e. The van der Waals surface area contributed by atoms with E-state index in [9.17, 15) is 4.79 Å². The van der Waals surface area contributed by atoms with Crippen LogP contribution in [-0.4, -0.2) is 37.0 Å². The molecule has 132 valence electrons. The molecule has 3 heteroatoms. The summed E-state index contributed by atoms with van der Waals surface area (Å²) in [6.45, 7) is 1.96. The number of nitrogens with one attached hydrogen (secondary N) is 1. The van der Waals surface area contributed by atoms with Crippen molar-refractivity contribution in [3.63, 3.8) is 0 Å². The van der Waals surface area contributed by atoms with Crippen molar-refractivity contribution in [2.24, 2.45) is 0 Å². The third kappa shape index (κ3) is 4.86. The number of carbonyl (C=O) groups excluding carboxylic acids is 1. The molecule has 0 aromatic heterocycles. The van der Waals surface area contributed by atoms with E-state index in [4.69, 9.17) is 0 Å². The maximum Gasteiger partial charge on any atom is 0.150 e. The van der Waals surface area contributed by atoms with Gasteiger partial charge < -0.3 is 10.2 Å². The number of rotatable bonds is 5. The second-order valence-electron chi connectivity index (χ2n) is 6.66. The van der Waals surface area contributed by atoms with Gasteiger partial charge in [-0.3, -0.25) is 0 Å². The molecule has 0 bridgehead atoms. The van der Waals surface area contributed by atoms with E-state index in [1.807, 2.05) is 60.5 Å². The van der Waals surface area contributed by atoms with Crippen molar-refractivity contribution in [3.05, 3.63) is 71.3 Å². The smallest absolute Gasteiger partial charge is 0.150 e. The standard InChI is InChI=1S/C23H24N2O/c1-25-17-5-8-22(25)15-16-24-23(18-26)21-13-11-20(12-14-21)10-9-19-6-3-2-4-7-19/h2-4,6-7,11-14,22,24H,5,8,15-17H2,1H3. The molecule has 0 spiro atoms. The monoisotopic (exact) mass is 344 g/mol. The van der Waals surface area contributed by atoms with E-state index in [-0.39, 0.29) is 0 Å². The Labute approximate surface area is 155 Å². The van der Waals surface area contributed by atoms with Gasteiger partial charge in [-0.1, -0.05) is 42.2 Å². The maximum atomic E-state index is 11.3. The summed E-state index contributed by atoms with van der Waals surface area (Å²) in [6.07, 6.45) is 3.55. The quantitative estimate of drug-likeness (QED) is 0.667. The van der Waals surface area contributed by atoms with Crippen LogP contribution in [0.15, 0.2) is 54.6 Å². The molecule has 3 rings (SSSR count).